The van der Waals surface area contributed by atoms with Crippen LogP contribution in [0.4, 0.5) is 11.6 Å². The van der Waals surface area contributed by atoms with E-state index in [9.17, 15) is 10.1 Å². The molecule has 0 aliphatic heterocycles. The Bertz CT molecular complexity index is 704. The van der Waals surface area contributed by atoms with Crippen molar-refractivity contribution in [2.45, 2.75) is 26.8 Å². The first-order valence-electron chi connectivity index (χ1n) is 7.30. The van der Waals surface area contributed by atoms with Crippen LogP contribution < -0.4 is 10.1 Å². The van der Waals surface area contributed by atoms with Crippen molar-refractivity contribution in [2.24, 2.45) is 12.5 Å². The Kier molecular flexibility index (Phi) is 4.58. The summed E-state index contributed by atoms with van der Waals surface area (Å²) in [5, 5.41) is 14.5. The number of aryl methyl sites for hydroxylation is 1. The monoisotopic (exact) mass is 318 g/mol. The molecule has 0 fully saturated rings. The van der Waals surface area contributed by atoms with Crippen LogP contribution in [0.5, 0.6) is 5.75 Å². The Morgan fingerprint density at radius 2 is 2.09 bits per heavy atom. The van der Waals surface area contributed by atoms with Crippen molar-refractivity contribution in [1.29, 1.82) is 0 Å². The molecule has 2 rings (SSSR count). The lowest BCUT2D eigenvalue weighted by molar-refractivity contribution is -0.388. The van der Waals surface area contributed by atoms with E-state index >= 15 is 0 Å². The van der Waals surface area contributed by atoms with Crippen LogP contribution in [0.3, 0.4) is 0 Å². The minimum Gasteiger partial charge on any atom is -0.497 e. The summed E-state index contributed by atoms with van der Waals surface area (Å²) < 4.78 is 6.91. The molecule has 0 aliphatic carbocycles. The number of nitro groups is 1. The van der Waals surface area contributed by atoms with Crippen molar-refractivity contribution in [3.05, 3.63) is 46.3 Å². The van der Waals surface area contributed by atoms with Gasteiger partial charge in [0.2, 0.25) is 12.1 Å². The maximum Gasteiger partial charge on any atom is 0.406 e. The normalized spacial score (nSPS) is 12.7. The number of imidazole rings is 1. The first kappa shape index (κ1) is 16.8. The second kappa shape index (κ2) is 6.28. The molecule has 0 spiro atoms. The fourth-order valence-electron chi connectivity index (χ4n) is 2.48. The summed E-state index contributed by atoms with van der Waals surface area (Å²) in [6, 6.07) is 7.55. The number of nitrogens with zero attached hydrogens (tertiary/aromatic N) is 3. The zero-order valence-corrected chi connectivity index (χ0v) is 14.0. The van der Waals surface area contributed by atoms with Crippen LogP contribution in [0.15, 0.2) is 30.6 Å². The van der Waals surface area contributed by atoms with E-state index in [-0.39, 0.29) is 17.3 Å². The van der Waals surface area contributed by atoms with Crippen LogP contribution in [0.1, 0.15) is 32.4 Å². The number of aromatic nitrogens is 2. The van der Waals surface area contributed by atoms with Crippen LogP contribution in [0, 0.1) is 15.5 Å². The summed E-state index contributed by atoms with van der Waals surface area (Å²) in [5.41, 5.74) is 0.817. The highest BCUT2D eigenvalue weighted by Gasteiger charge is 2.31. The van der Waals surface area contributed by atoms with Gasteiger partial charge in [-0.1, -0.05) is 32.9 Å². The molecular formula is C16H22N4O3. The van der Waals surface area contributed by atoms with Gasteiger partial charge in [0.1, 0.15) is 5.75 Å². The van der Waals surface area contributed by atoms with Crippen molar-refractivity contribution < 1.29 is 9.66 Å². The predicted octanol–water partition coefficient (Wildman–Crippen LogP) is 3.54. The largest absolute Gasteiger partial charge is 0.497 e. The van der Waals surface area contributed by atoms with Gasteiger partial charge in [0.15, 0.2) is 0 Å². The summed E-state index contributed by atoms with van der Waals surface area (Å²) in [7, 11) is 3.35. The second-order valence-corrected chi connectivity index (χ2v) is 6.50. The molecule has 124 valence electrons. The second-order valence-electron chi connectivity index (χ2n) is 6.50. The fraction of sp³-hybridized carbons (Fsp3) is 0.438. The van der Waals surface area contributed by atoms with Crippen LogP contribution >= 0.6 is 0 Å². The average molecular weight is 318 g/mol. The lowest BCUT2D eigenvalue weighted by atomic mass is 9.82. The minimum atomic E-state index is -0.479. The number of benzene rings is 1. The van der Waals surface area contributed by atoms with E-state index in [2.05, 4.69) is 31.1 Å². The van der Waals surface area contributed by atoms with Gasteiger partial charge in [0.25, 0.3) is 0 Å². The number of ether oxygens (including phenoxy) is 1. The van der Waals surface area contributed by atoms with E-state index in [1.165, 1.54) is 6.33 Å². The first-order valence-corrected chi connectivity index (χ1v) is 7.30. The molecule has 0 radical (unpaired) electrons. The molecule has 0 saturated heterocycles. The van der Waals surface area contributed by atoms with Crippen molar-refractivity contribution in [3.8, 4) is 5.75 Å². The molecule has 1 aromatic carbocycles. The molecule has 1 N–H and O–H groups in total. The van der Waals surface area contributed by atoms with E-state index in [1.807, 2.05) is 24.3 Å². The molecule has 1 atom stereocenters. The minimum absolute atomic E-state index is 0.147. The molecule has 0 saturated carbocycles. The smallest absolute Gasteiger partial charge is 0.406 e. The number of rotatable bonds is 5. The lowest BCUT2D eigenvalue weighted by Crippen LogP contribution is -2.27. The van der Waals surface area contributed by atoms with Gasteiger partial charge in [-0.3, -0.25) is 4.57 Å². The average Bonchev–Trinajstić information content (AvgIpc) is 2.84. The Morgan fingerprint density at radius 3 is 2.65 bits per heavy atom. The third-order valence-corrected chi connectivity index (χ3v) is 3.66. The topological polar surface area (TPSA) is 82.2 Å². The maximum absolute atomic E-state index is 11.2. The Balaban J connectivity index is 2.45. The van der Waals surface area contributed by atoms with Gasteiger partial charge in [-0.25, -0.2) is 0 Å². The molecule has 0 amide bonds. The Labute approximate surface area is 135 Å². The maximum atomic E-state index is 11.2. The van der Waals surface area contributed by atoms with Crippen molar-refractivity contribution in [3.63, 3.8) is 0 Å². The highest BCUT2D eigenvalue weighted by Crippen LogP contribution is 2.38. The zero-order valence-electron chi connectivity index (χ0n) is 14.0. The van der Waals surface area contributed by atoms with Gasteiger partial charge in [0, 0.05) is 7.05 Å². The number of anilines is 1. The SMILES string of the molecule is COc1cccc([C@@H](Nc2c([N+](=O)[O-])ncn2C)C(C)(C)C)c1. The Morgan fingerprint density at radius 1 is 1.39 bits per heavy atom. The zero-order chi connectivity index (χ0) is 17.2. The third-order valence-electron chi connectivity index (χ3n) is 3.66. The Hall–Kier alpha value is -2.57. The molecule has 7 heteroatoms. The summed E-state index contributed by atoms with van der Waals surface area (Å²) in [4.78, 5) is 14.5. The quantitative estimate of drug-likeness (QED) is 0.673. The molecule has 1 heterocycles. The van der Waals surface area contributed by atoms with Gasteiger partial charge >= 0.3 is 5.82 Å². The summed E-state index contributed by atoms with van der Waals surface area (Å²) in [6.07, 6.45) is 1.44. The van der Waals surface area contributed by atoms with Gasteiger partial charge in [-0.05, 0) is 33.0 Å². The van der Waals surface area contributed by atoms with Gasteiger partial charge < -0.3 is 20.2 Å². The predicted molar refractivity (Wildman–Crippen MR) is 88.7 cm³/mol. The number of hydrogen-bond donors (Lipinski definition) is 1. The molecule has 0 unspecified atom stereocenters. The number of nitrogens with one attached hydrogen (secondary N) is 1. The number of methoxy groups -OCH3 is 1. The molecule has 2 aromatic rings. The van der Waals surface area contributed by atoms with Crippen molar-refractivity contribution in [1.82, 2.24) is 9.55 Å². The van der Waals surface area contributed by atoms with Crippen LogP contribution in [0.25, 0.3) is 0 Å². The highest BCUT2D eigenvalue weighted by molar-refractivity contribution is 5.54. The first-order chi connectivity index (χ1) is 10.7. The van der Waals surface area contributed by atoms with E-state index < -0.39 is 4.92 Å². The van der Waals surface area contributed by atoms with Gasteiger partial charge in [-0.15, -0.1) is 0 Å². The lowest BCUT2D eigenvalue weighted by Gasteiger charge is -2.32. The number of hydrogen-bond acceptors (Lipinski definition) is 5. The van der Waals surface area contributed by atoms with Crippen molar-refractivity contribution in [2.75, 3.05) is 12.4 Å². The standard InChI is InChI=1S/C16H22N4O3/c1-16(2,3)13(11-7-6-8-12(9-11)23-5)18-15-14(20(21)22)17-10-19(15)4/h6-10,13,18H,1-5H3/t13-/m1/s1. The van der Waals surface area contributed by atoms with E-state index in [4.69, 9.17) is 4.74 Å². The van der Waals surface area contributed by atoms with E-state index in [1.54, 1.807) is 18.7 Å². The molecular weight excluding hydrogens is 296 g/mol. The third kappa shape index (κ3) is 3.61. The highest BCUT2D eigenvalue weighted by atomic mass is 16.6. The summed E-state index contributed by atoms with van der Waals surface area (Å²) in [6.45, 7) is 6.23. The van der Waals surface area contributed by atoms with E-state index in [0.29, 0.717) is 5.82 Å². The van der Waals surface area contributed by atoms with Gasteiger partial charge in [0.05, 0.1) is 13.2 Å². The van der Waals surface area contributed by atoms with Gasteiger partial charge in [-0.2, -0.15) is 0 Å². The molecule has 7 nitrogen and oxygen atoms in total. The van der Waals surface area contributed by atoms with E-state index in [0.717, 1.165) is 11.3 Å². The van der Waals surface area contributed by atoms with Crippen molar-refractivity contribution >= 4 is 11.6 Å². The van der Waals surface area contributed by atoms with Crippen LogP contribution in [-0.4, -0.2) is 21.6 Å². The summed E-state index contributed by atoms with van der Waals surface area (Å²) >= 11 is 0. The molecule has 0 aliphatic rings. The molecule has 1 aromatic heterocycles. The van der Waals surface area contributed by atoms with Crippen LogP contribution in [-0.2, 0) is 7.05 Å². The molecule has 0 bridgehead atoms. The van der Waals surface area contributed by atoms with Crippen LogP contribution in [0.2, 0.25) is 0 Å². The summed E-state index contributed by atoms with van der Waals surface area (Å²) in [5.74, 6) is 0.959. The molecule has 23 heavy (non-hydrogen) atoms. The fourth-order valence-corrected chi connectivity index (χ4v) is 2.48.